The zero-order valence-corrected chi connectivity index (χ0v) is 10.9. The Morgan fingerprint density at radius 1 is 1.47 bits per heavy atom. The van der Waals surface area contributed by atoms with E-state index in [1.807, 2.05) is 17.9 Å². The zero-order valence-electron chi connectivity index (χ0n) is 10.9. The van der Waals surface area contributed by atoms with Gasteiger partial charge >= 0.3 is 0 Å². The third-order valence-corrected chi connectivity index (χ3v) is 3.33. The van der Waals surface area contributed by atoms with E-state index >= 15 is 0 Å². The Morgan fingerprint density at radius 2 is 2.35 bits per heavy atom. The molecule has 1 saturated heterocycles. The monoisotopic (exact) mass is 237 g/mol. The SMILES string of the molecule is CNCc1cn(CCN2CCCC(C)C2)nn1. The van der Waals surface area contributed by atoms with E-state index in [0.717, 1.165) is 31.2 Å². The van der Waals surface area contributed by atoms with Crippen LogP contribution in [0, 0.1) is 5.92 Å². The molecular formula is C12H23N5. The van der Waals surface area contributed by atoms with Crippen LogP contribution in [0.2, 0.25) is 0 Å². The second-order valence-corrected chi connectivity index (χ2v) is 5.05. The summed E-state index contributed by atoms with van der Waals surface area (Å²) in [5.41, 5.74) is 1.01. The Bertz CT molecular complexity index is 335. The Kier molecular flexibility index (Phi) is 4.50. The van der Waals surface area contributed by atoms with Crippen LogP contribution in [-0.4, -0.2) is 46.6 Å². The normalized spacial score (nSPS) is 21.9. The lowest BCUT2D eigenvalue weighted by atomic mass is 10.0. The number of aromatic nitrogens is 3. The molecule has 2 rings (SSSR count). The summed E-state index contributed by atoms with van der Waals surface area (Å²) in [6, 6.07) is 0. The van der Waals surface area contributed by atoms with Crippen molar-refractivity contribution in [1.82, 2.24) is 25.2 Å². The molecule has 1 aliphatic rings. The minimum atomic E-state index is 0.792. The summed E-state index contributed by atoms with van der Waals surface area (Å²) in [7, 11) is 1.92. The van der Waals surface area contributed by atoms with E-state index in [2.05, 4.69) is 27.5 Å². The van der Waals surface area contributed by atoms with Gasteiger partial charge in [0.05, 0.1) is 12.2 Å². The van der Waals surface area contributed by atoms with E-state index in [-0.39, 0.29) is 0 Å². The van der Waals surface area contributed by atoms with Crippen molar-refractivity contribution in [3.63, 3.8) is 0 Å². The smallest absolute Gasteiger partial charge is 0.0964 e. The summed E-state index contributed by atoms with van der Waals surface area (Å²) in [6.45, 7) is 7.64. The fraction of sp³-hybridized carbons (Fsp3) is 0.833. The van der Waals surface area contributed by atoms with Crippen LogP contribution in [0.1, 0.15) is 25.5 Å². The molecule has 0 amide bonds. The fourth-order valence-corrected chi connectivity index (χ4v) is 2.44. The zero-order chi connectivity index (χ0) is 12.1. The van der Waals surface area contributed by atoms with Crippen LogP contribution in [0.25, 0.3) is 0 Å². The van der Waals surface area contributed by atoms with Crippen molar-refractivity contribution in [3.8, 4) is 0 Å². The molecule has 0 radical (unpaired) electrons. The standard InChI is InChI=1S/C12H23N5/c1-11-4-3-5-16(9-11)6-7-17-10-12(8-13-2)14-15-17/h10-11,13H,3-9H2,1-2H3. The van der Waals surface area contributed by atoms with E-state index in [1.54, 1.807) is 0 Å². The number of likely N-dealkylation sites (tertiary alicyclic amines) is 1. The molecule has 1 atom stereocenters. The molecule has 0 bridgehead atoms. The molecule has 1 aromatic rings. The molecule has 5 heteroatoms. The van der Waals surface area contributed by atoms with Crippen LogP contribution >= 0.6 is 0 Å². The van der Waals surface area contributed by atoms with Gasteiger partial charge in [-0.15, -0.1) is 5.10 Å². The summed E-state index contributed by atoms with van der Waals surface area (Å²) in [5, 5.41) is 11.3. The molecular weight excluding hydrogens is 214 g/mol. The second-order valence-electron chi connectivity index (χ2n) is 5.05. The minimum absolute atomic E-state index is 0.792. The third kappa shape index (κ3) is 3.78. The third-order valence-electron chi connectivity index (χ3n) is 3.33. The van der Waals surface area contributed by atoms with E-state index in [1.165, 1.54) is 25.9 Å². The molecule has 1 aliphatic heterocycles. The van der Waals surface area contributed by atoms with Crippen molar-refractivity contribution >= 4 is 0 Å². The van der Waals surface area contributed by atoms with Gasteiger partial charge < -0.3 is 10.2 Å². The van der Waals surface area contributed by atoms with Gasteiger partial charge in [-0.25, -0.2) is 0 Å². The molecule has 1 unspecified atom stereocenters. The van der Waals surface area contributed by atoms with Crippen LogP contribution in [-0.2, 0) is 13.1 Å². The van der Waals surface area contributed by atoms with Gasteiger partial charge in [0.1, 0.15) is 0 Å². The second kappa shape index (κ2) is 6.12. The van der Waals surface area contributed by atoms with E-state index in [9.17, 15) is 0 Å². The maximum Gasteiger partial charge on any atom is 0.0964 e. The summed E-state index contributed by atoms with van der Waals surface area (Å²) in [6.07, 6.45) is 4.75. The van der Waals surface area contributed by atoms with Gasteiger partial charge in [0.25, 0.3) is 0 Å². The van der Waals surface area contributed by atoms with Gasteiger partial charge in [-0.3, -0.25) is 4.68 Å². The van der Waals surface area contributed by atoms with Gasteiger partial charge in [0.15, 0.2) is 0 Å². The molecule has 0 aliphatic carbocycles. The molecule has 0 spiro atoms. The number of hydrogen-bond acceptors (Lipinski definition) is 4. The maximum absolute atomic E-state index is 4.14. The molecule has 1 N–H and O–H groups in total. The van der Waals surface area contributed by atoms with E-state index in [4.69, 9.17) is 0 Å². The maximum atomic E-state index is 4.14. The highest BCUT2D eigenvalue weighted by Crippen LogP contribution is 2.14. The highest BCUT2D eigenvalue weighted by Gasteiger charge is 2.15. The average Bonchev–Trinajstić information content (AvgIpc) is 2.75. The number of nitrogens with zero attached hydrogens (tertiary/aromatic N) is 4. The van der Waals surface area contributed by atoms with Crippen LogP contribution < -0.4 is 5.32 Å². The van der Waals surface area contributed by atoms with Crippen LogP contribution in [0.3, 0.4) is 0 Å². The Morgan fingerprint density at radius 3 is 3.12 bits per heavy atom. The quantitative estimate of drug-likeness (QED) is 0.820. The van der Waals surface area contributed by atoms with Crippen molar-refractivity contribution in [2.75, 3.05) is 26.7 Å². The van der Waals surface area contributed by atoms with Gasteiger partial charge in [-0.2, -0.15) is 0 Å². The van der Waals surface area contributed by atoms with Crippen LogP contribution in [0.15, 0.2) is 6.20 Å². The van der Waals surface area contributed by atoms with Gasteiger partial charge in [0, 0.05) is 25.8 Å². The number of piperidine rings is 1. The lowest BCUT2D eigenvalue weighted by Gasteiger charge is -2.30. The average molecular weight is 237 g/mol. The predicted octanol–water partition coefficient (Wildman–Crippen LogP) is 0.729. The summed E-state index contributed by atoms with van der Waals surface area (Å²) in [4.78, 5) is 2.54. The van der Waals surface area contributed by atoms with E-state index < -0.39 is 0 Å². The first-order valence-electron chi connectivity index (χ1n) is 6.54. The Hall–Kier alpha value is -0.940. The van der Waals surface area contributed by atoms with Crippen molar-refractivity contribution < 1.29 is 0 Å². The van der Waals surface area contributed by atoms with Crippen LogP contribution in [0.4, 0.5) is 0 Å². The van der Waals surface area contributed by atoms with Crippen molar-refractivity contribution in [1.29, 1.82) is 0 Å². The first kappa shape index (κ1) is 12.5. The first-order valence-corrected chi connectivity index (χ1v) is 6.54. The largest absolute Gasteiger partial charge is 0.314 e. The highest BCUT2D eigenvalue weighted by molar-refractivity contribution is 4.91. The molecule has 1 aromatic heterocycles. The highest BCUT2D eigenvalue weighted by atomic mass is 15.4. The predicted molar refractivity (Wildman–Crippen MR) is 67.6 cm³/mol. The van der Waals surface area contributed by atoms with Crippen molar-refractivity contribution in [2.24, 2.45) is 5.92 Å². The van der Waals surface area contributed by atoms with Gasteiger partial charge in [-0.05, 0) is 32.4 Å². The first-order chi connectivity index (χ1) is 8.28. The lowest BCUT2D eigenvalue weighted by molar-refractivity contribution is 0.176. The van der Waals surface area contributed by atoms with Gasteiger partial charge in [-0.1, -0.05) is 12.1 Å². The molecule has 1 fully saturated rings. The Balaban J connectivity index is 1.76. The topological polar surface area (TPSA) is 46.0 Å². The van der Waals surface area contributed by atoms with Crippen molar-refractivity contribution in [3.05, 3.63) is 11.9 Å². The van der Waals surface area contributed by atoms with E-state index in [0.29, 0.717) is 0 Å². The molecule has 5 nitrogen and oxygen atoms in total. The summed E-state index contributed by atoms with van der Waals surface area (Å²) in [5.74, 6) is 0.847. The van der Waals surface area contributed by atoms with Gasteiger partial charge in [0.2, 0.25) is 0 Å². The minimum Gasteiger partial charge on any atom is -0.314 e. The lowest BCUT2D eigenvalue weighted by Crippen LogP contribution is -2.36. The fourth-order valence-electron chi connectivity index (χ4n) is 2.44. The molecule has 96 valence electrons. The number of rotatable bonds is 5. The molecule has 0 aromatic carbocycles. The summed E-state index contributed by atoms with van der Waals surface area (Å²) >= 11 is 0. The molecule has 2 heterocycles. The molecule has 0 saturated carbocycles. The van der Waals surface area contributed by atoms with Crippen LogP contribution in [0.5, 0.6) is 0 Å². The molecule has 17 heavy (non-hydrogen) atoms. The number of hydrogen-bond donors (Lipinski definition) is 1. The Labute approximate surface area is 103 Å². The summed E-state index contributed by atoms with van der Waals surface area (Å²) < 4.78 is 1.95. The number of nitrogens with one attached hydrogen (secondary N) is 1. The van der Waals surface area contributed by atoms with Crippen molar-refractivity contribution in [2.45, 2.75) is 32.9 Å².